The van der Waals surface area contributed by atoms with Gasteiger partial charge in [0.15, 0.2) is 0 Å². The van der Waals surface area contributed by atoms with Gasteiger partial charge in [0.05, 0.1) is 23.2 Å². The van der Waals surface area contributed by atoms with Gasteiger partial charge in [-0.1, -0.05) is 75.1 Å². The molecule has 3 aliphatic rings. The lowest BCUT2D eigenvalue weighted by molar-refractivity contribution is -0.147. The summed E-state index contributed by atoms with van der Waals surface area (Å²) >= 11 is 0. The molecule has 4 rings (SSSR count). The van der Waals surface area contributed by atoms with E-state index in [-0.39, 0.29) is 29.7 Å². The molecule has 1 aromatic rings. The highest BCUT2D eigenvalue weighted by atomic mass is 16.3. The van der Waals surface area contributed by atoms with E-state index in [1.54, 1.807) is 19.1 Å². The number of hydrogen-bond acceptors (Lipinski definition) is 4. The Bertz CT molecular complexity index is 952. The van der Waals surface area contributed by atoms with Crippen LogP contribution in [0.5, 0.6) is 0 Å². The predicted octanol–water partition coefficient (Wildman–Crippen LogP) is 3.17. The molecule has 2 aliphatic carbocycles. The third-order valence-corrected chi connectivity index (χ3v) is 8.16. The standard InChI is InChI=1S/C28H37NO4/c1-17-9-8-12-21-25(31)19(3)18(2)24-22(15-20-10-6-5-7-11-20)29-26(32)28(21,24)23(30)13-14-27(4,33)16-17/h5-8,10-14,17-18,21-25,30-31,33H,3,9,15-16H2,1-2,4H3,(H,29,32)/b12-8+,14-13+/t17-,18+,21?,22-,23+,24-,25+,27-,28?/m0/s1. The molecule has 1 saturated carbocycles. The van der Waals surface area contributed by atoms with Gasteiger partial charge >= 0.3 is 0 Å². The first-order valence-electron chi connectivity index (χ1n) is 12.1. The maximum absolute atomic E-state index is 13.8. The van der Waals surface area contributed by atoms with E-state index in [1.807, 2.05) is 49.4 Å². The molecule has 9 atom stereocenters. The number of rotatable bonds is 2. The zero-order chi connectivity index (χ0) is 24.0. The van der Waals surface area contributed by atoms with Gasteiger partial charge in [-0.15, -0.1) is 0 Å². The highest BCUT2D eigenvalue weighted by Gasteiger charge is 2.67. The lowest BCUT2D eigenvalue weighted by atomic mass is 9.51. The third-order valence-electron chi connectivity index (χ3n) is 8.16. The minimum atomic E-state index is -1.25. The number of amides is 1. The van der Waals surface area contributed by atoms with E-state index in [0.717, 1.165) is 5.56 Å². The van der Waals surface area contributed by atoms with Crippen molar-refractivity contribution in [3.05, 3.63) is 72.4 Å². The monoisotopic (exact) mass is 451 g/mol. The van der Waals surface area contributed by atoms with Crippen LogP contribution in [0, 0.1) is 29.1 Å². The van der Waals surface area contributed by atoms with Gasteiger partial charge in [-0.25, -0.2) is 0 Å². The number of nitrogens with one attached hydrogen (secondary N) is 1. The van der Waals surface area contributed by atoms with Crippen molar-refractivity contribution in [3.63, 3.8) is 0 Å². The van der Waals surface area contributed by atoms with Crippen molar-refractivity contribution in [2.75, 3.05) is 0 Å². The van der Waals surface area contributed by atoms with Gasteiger partial charge in [0.2, 0.25) is 5.91 Å². The molecule has 0 radical (unpaired) electrons. The van der Waals surface area contributed by atoms with Gasteiger partial charge in [-0.2, -0.15) is 0 Å². The topological polar surface area (TPSA) is 89.8 Å². The second-order valence-corrected chi connectivity index (χ2v) is 10.7. The summed E-state index contributed by atoms with van der Waals surface area (Å²) in [7, 11) is 0. The van der Waals surface area contributed by atoms with Crippen molar-refractivity contribution in [2.45, 2.75) is 63.9 Å². The second kappa shape index (κ2) is 8.86. The highest BCUT2D eigenvalue weighted by molar-refractivity contribution is 5.88. The maximum Gasteiger partial charge on any atom is 0.230 e. The average Bonchev–Trinajstić information content (AvgIpc) is 3.04. The number of hydrogen-bond donors (Lipinski definition) is 4. The largest absolute Gasteiger partial charge is 0.388 e. The summed E-state index contributed by atoms with van der Waals surface area (Å²) < 4.78 is 0. The fourth-order valence-corrected chi connectivity index (χ4v) is 6.61. The SMILES string of the molecule is C=C1[C@@H](O)C2/C=C/C[C@H](C)C[C@@](C)(O)/C=C/[C@@H](O)C23C(=O)N[C@@H](Cc2ccccc2)[C@@H]3[C@@H]1C. The van der Waals surface area contributed by atoms with E-state index < -0.39 is 29.1 Å². The zero-order valence-electron chi connectivity index (χ0n) is 19.8. The molecule has 1 aliphatic heterocycles. The Kier molecular flexibility index (Phi) is 6.43. The molecule has 1 aromatic carbocycles. The fraction of sp³-hybridized carbons (Fsp3) is 0.536. The van der Waals surface area contributed by atoms with Gasteiger partial charge in [0.25, 0.3) is 0 Å². The van der Waals surface area contributed by atoms with Crippen LogP contribution in [-0.2, 0) is 11.2 Å². The summed E-state index contributed by atoms with van der Waals surface area (Å²) in [6.07, 6.45) is 6.88. The van der Waals surface area contributed by atoms with E-state index in [0.29, 0.717) is 24.8 Å². The summed E-state index contributed by atoms with van der Waals surface area (Å²) in [5, 5.41) is 37.0. The van der Waals surface area contributed by atoms with Crippen LogP contribution in [0.25, 0.3) is 0 Å². The van der Waals surface area contributed by atoms with Crippen LogP contribution in [-0.4, -0.2) is 45.1 Å². The molecule has 2 unspecified atom stereocenters. The van der Waals surface area contributed by atoms with Crippen molar-refractivity contribution in [2.24, 2.45) is 29.1 Å². The van der Waals surface area contributed by atoms with Crippen molar-refractivity contribution in [1.82, 2.24) is 5.32 Å². The van der Waals surface area contributed by atoms with Crippen LogP contribution >= 0.6 is 0 Å². The van der Waals surface area contributed by atoms with Crippen LogP contribution < -0.4 is 5.32 Å². The first-order valence-corrected chi connectivity index (χ1v) is 12.1. The molecule has 4 N–H and O–H groups in total. The Morgan fingerprint density at radius 3 is 2.55 bits per heavy atom. The van der Waals surface area contributed by atoms with Crippen molar-refractivity contribution in [3.8, 4) is 0 Å². The number of aliphatic hydroxyl groups excluding tert-OH is 2. The minimum absolute atomic E-state index is 0.176. The quantitative estimate of drug-likeness (QED) is 0.520. The summed E-state index contributed by atoms with van der Waals surface area (Å²) in [5.41, 5.74) is -0.544. The Labute approximate surface area is 196 Å². The lowest BCUT2D eigenvalue weighted by Gasteiger charge is -2.51. The van der Waals surface area contributed by atoms with E-state index in [1.165, 1.54) is 0 Å². The molecule has 1 heterocycles. The third kappa shape index (κ3) is 4.11. The molecule has 5 nitrogen and oxygen atoms in total. The second-order valence-electron chi connectivity index (χ2n) is 10.7. The van der Waals surface area contributed by atoms with Crippen molar-refractivity contribution >= 4 is 5.91 Å². The first-order chi connectivity index (χ1) is 15.6. The van der Waals surface area contributed by atoms with Crippen LogP contribution in [0.1, 0.15) is 39.2 Å². The molecule has 0 aromatic heterocycles. The molecule has 33 heavy (non-hydrogen) atoms. The normalized spacial score (nSPS) is 45.3. The summed E-state index contributed by atoms with van der Waals surface area (Å²) in [6, 6.07) is 9.80. The van der Waals surface area contributed by atoms with Gasteiger partial charge in [0, 0.05) is 17.9 Å². The van der Waals surface area contributed by atoms with Gasteiger partial charge < -0.3 is 20.6 Å². The summed E-state index contributed by atoms with van der Waals surface area (Å²) in [4.78, 5) is 13.8. The molecule has 0 bridgehead atoms. The average molecular weight is 452 g/mol. The van der Waals surface area contributed by atoms with E-state index in [2.05, 4.69) is 18.8 Å². The number of aliphatic hydroxyl groups is 3. The number of allylic oxidation sites excluding steroid dienone is 1. The van der Waals surface area contributed by atoms with Crippen LogP contribution in [0.4, 0.5) is 0 Å². The lowest BCUT2D eigenvalue weighted by Crippen LogP contribution is -2.59. The molecule has 2 fully saturated rings. The van der Waals surface area contributed by atoms with Crippen LogP contribution in [0.2, 0.25) is 0 Å². The first kappa shape index (κ1) is 23.9. The van der Waals surface area contributed by atoms with Crippen LogP contribution in [0.3, 0.4) is 0 Å². The molecule has 178 valence electrons. The van der Waals surface area contributed by atoms with Crippen LogP contribution in [0.15, 0.2) is 66.8 Å². The van der Waals surface area contributed by atoms with Gasteiger partial charge in [0.1, 0.15) is 0 Å². The van der Waals surface area contributed by atoms with Gasteiger partial charge in [-0.05, 0) is 49.2 Å². The van der Waals surface area contributed by atoms with E-state index in [4.69, 9.17) is 0 Å². The number of carbonyl (C=O) groups is 1. The fourth-order valence-electron chi connectivity index (χ4n) is 6.61. The Balaban J connectivity index is 1.85. The van der Waals surface area contributed by atoms with E-state index >= 15 is 0 Å². The molecular formula is C28H37NO4. The number of carbonyl (C=O) groups excluding carboxylic acids is 1. The molecule has 1 amide bonds. The highest BCUT2D eigenvalue weighted by Crippen LogP contribution is 2.57. The smallest absolute Gasteiger partial charge is 0.230 e. The van der Waals surface area contributed by atoms with Crippen molar-refractivity contribution < 1.29 is 20.1 Å². The van der Waals surface area contributed by atoms with Crippen molar-refractivity contribution in [1.29, 1.82) is 0 Å². The maximum atomic E-state index is 13.8. The summed E-state index contributed by atoms with van der Waals surface area (Å²) in [5.74, 6) is -1.09. The molecule has 1 saturated heterocycles. The minimum Gasteiger partial charge on any atom is -0.388 e. The Morgan fingerprint density at radius 2 is 1.85 bits per heavy atom. The van der Waals surface area contributed by atoms with Gasteiger partial charge in [-0.3, -0.25) is 4.79 Å². The Hall–Kier alpha value is -2.21. The predicted molar refractivity (Wildman–Crippen MR) is 129 cm³/mol. The van der Waals surface area contributed by atoms with E-state index in [9.17, 15) is 20.1 Å². The Morgan fingerprint density at radius 1 is 1.15 bits per heavy atom. The number of benzene rings is 1. The summed E-state index contributed by atoms with van der Waals surface area (Å²) in [6.45, 7) is 10.00. The molecular weight excluding hydrogens is 414 g/mol. The molecule has 1 spiro atoms. The molecule has 5 heteroatoms. The zero-order valence-corrected chi connectivity index (χ0v) is 19.8.